The molecule has 0 radical (unpaired) electrons. The highest BCUT2D eigenvalue weighted by Crippen LogP contribution is 2.29. The Hall–Kier alpha value is -1.29. The van der Waals surface area contributed by atoms with Crippen molar-refractivity contribution < 1.29 is 13.2 Å². The first kappa shape index (κ1) is 18.5. The standard InChI is InChI=1S/C16H18BrN3O3S2/c17-12-8-7-10(25(18,22)23)9-11(12)15(21)20-16-19-13-5-3-1-2-4-6-14(13)24-16/h7-9H,1-6H2,(H2,18,22,23)(H,19,20,21). The maximum atomic E-state index is 12.6. The van der Waals surface area contributed by atoms with Gasteiger partial charge in [-0.2, -0.15) is 0 Å². The van der Waals surface area contributed by atoms with Gasteiger partial charge in [0.05, 0.1) is 16.2 Å². The van der Waals surface area contributed by atoms with Crippen LogP contribution < -0.4 is 10.5 Å². The highest BCUT2D eigenvalue weighted by atomic mass is 79.9. The molecule has 3 rings (SSSR count). The van der Waals surface area contributed by atoms with Crippen LogP contribution in [0.15, 0.2) is 27.6 Å². The number of thiazole rings is 1. The molecule has 1 aromatic carbocycles. The van der Waals surface area contributed by atoms with Crippen LogP contribution in [-0.2, 0) is 22.9 Å². The molecule has 1 aromatic heterocycles. The number of aryl methyl sites for hydroxylation is 2. The third kappa shape index (κ3) is 4.46. The van der Waals surface area contributed by atoms with Crippen molar-refractivity contribution in [1.29, 1.82) is 0 Å². The number of carbonyl (C=O) groups is 1. The second-order valence-corrected chi connectivity index (χ2v) is 9.44. The van der Waals surface area contributed by atoms with Crippen LogP contribution >= 0.6 is 27.3 Å². The van der Waals surface area contributed by atoms with Crippen molar-refractivity contribution in [1.82, 2.24) is 4.98 Å². The van der Waals surface area contributed by atoms with Crippen molar-refractivity contribution in [2.45, 2.75) is 43.4 Å². The highest BCUT2D eigenvalue weighted by molar-refractivity contribution is 9.10. The summed E-state index contributed by atoms with van der Waals surface area (Å²) in [5.41, 5.74) is 1.27. The quantitative estimate of drug-likeness (QED) is 0.757. The Morgan fingerprint density at radius 1 is 1.20 bits per heavy atom. The topological polar surface area (TPSA) is 102 Å². The lowest BCUT2D eigenvalue weighted by Crippen LogP contribution is -2.16. The summed E-state index contributed by atoms with van der Waals surface area (Å²) in [4.78, 5) is 18.2. The van der Waals surface area contributed by atoms with Crippen molar-refractivity contribution in [2.75, 3.05) is 5.32 Å². The minimum atomic E-state index is -3.87. The van der Waals surface area contributed by atoms with Crippen molar-refractivity contribution in [2.24, 2.45) is 5.14 Å². The molecule has 0 atom stereocenters. The van der Waals surface area contributed by atoms with E-state index in [2.05, 4.69) is 26.2 Å². The summed E-state index contributed by atoms with van der Waals surface area (Å²) < 4.78 is 23.5. The molecule has 1 heterocycles. The first-order valence-electron chi connectivity index (χ1n) is 7.97. The van der Waals surface area contributed by atoms with Crippen LogP contribution in [0.2, 0.25) is 0 Å². The first-order valence-corrected chi connectivity index (χ1v) is 11.1. The molecule has 0 aliphatic heterocycles. The highest BCUT2D eigenvalue weighted by Gasteiger charge is 2.19. The van der Waals surface area contributed by atoms with Crippen LogP contribution in [0.3, 0.4) is 0 Å². The van der Waals surface area contributed by atoms with E-state index in [1.165, 1.54) is 47.3 Å². The van der Waals surface area contributed by atoms with E-state index in [1.807, 2.05) is 0 Å². The average Bonchev–Trinajstić information content (AvgIpc) is 2.87. The number of amides is 1. The van der Waals surface area contributed by atoms with Crippen LogP contribution in [-0.4, -0.2) is 19.3 Å². The summed E-state index contributed by atoms with van der Waals surface area (Å²) in [7, 11) is -3.87. The average molecular weight is 444 g/mol. The smallest absolute Gasteiger partial charge is 0.258 e. The van der Waals surface area contributed by atoms with E-state index in [9.17, 15) is 13.2 Å². The normalized spacial score (nSPS) is 15.1. The fourth-order valence-electron chi connectivity index (χ4n) is 2.78. The molecule has 0 bridgehead atoms. The zero-order valence-electron chi connectivity index (χ0n) is 13.4. The van der Waals surface area contributed by atoms with Gasteiger partial charge in [-0.05, 0) is 59.8 Å². The zero-order valence-corrected chi connectivity index (χ0v) is 16.6. The molecule has 25 heavy (non-hydrogen) atoms. The monoisotopic (exact) mass is 443 g/mol. The number of sulfonamides is 1. The Morgan fingerprint density at radius 2 is 1.92 bits per heavy atom. The van der Waals surface area contributed by atoms with Crippen LogP contribution in [0.4, 0.5) is 5.13 Å². The second-order valence-electron chi connectivity index (χ2n) is 5.94. The third-order valence-electron chi connectivity index (χ3n) is 4.08. The van der Waals surface area contributed by atoms with E-state index in [0.29, 0.717) is 9.60 Å². The first-order chi connectivity index (χ1) is 11.8. The number of hydrogen-bond acceptors (Lipinski definition) is 5. The number of primary sulfonamides is 1. The van der Waals surface area contributed by atoms with Crippen LogP contribution in [0.5, 0.6) is 0 Å². The largest absolute Gasteiger partial charge is 0.298 e. The van der Waals surface area contributed by atoms with E-state index in [1.54, 1.807) is 0 Å². The number of hydrogen-bond donors (Lipinski definition) is 2. The predicted octanol–water partition coefficient (Wildman–Crippen LogP) is 3.46. The van der Waals surface area contributed by atoms with Gasteiger partial charge < -0.3 is 0 Å². The molecular weight excluding hydrogens is 426 g/mol. The van der Waals surface area contributed by atoms with Gasteiger partial charge in [-0.3, -0.25) is 10.1 Å². The molecule has 2 aromatic rings. The Morgan fingerprint density at radius 3 is 2.64 bits per heavy atom. The SMILES string of the molecule is NS(=O)(=O)c1ccc(Br)c(C(=O)Nc2nc3c(s2)CCCCCC3)c1. The number of nitrogens with two attached hydrogens (primary N) is 1. The van der Waals surface area contributed by atoms with Gasteiger partial charge in [0.2, 0.25) is 10.0 Å². The molecule has 9 heteroatoms. The Balaban J connectivity index is 1.84. The lowest BCUT2D eigenvalue weighted by Gasteiger charge is -2.06. The van der Waals surface area contributed by atoms with Gasteiger partial charge in [-0.15, -0.1) is 11.3 Å². The van der Waals surface area contributed by atoms with Crippen LogP contribution in [0, 0.1) is 0 Å². The van der Waals surface area contributed by atoms with Gasteiger partial charge in [0, 0.05) is 9.35 Å². The van der Waals surface area contributed by atoms with E-state index in [4.69, 9.17) is 5.14 Å². The Kier molecular flexibility index (Phi) is 5.57. The molecule has 134 valence electrons. The van der Waals surface area contributed by atoms with Gasteiger partial charge in [-0.1, -0.05) is 12.8 Å². The molecule has 0 fully saturated rings. The van der Waals surface area contributed by atoms with Gasteiger partial charge >= 0.3 is 0 Å². The fraction of sp³-hybridized carbons (Fsp3) is 0.375. The summed E-state index contributed by atoms with van der Waals surface area (Å²) in [5.74, 6) is -0.418. The van der Waals surface area contributed by atoms with Gasteiger partial charge in [0.1, 0.15) is 0 Å². The van der Waals surface area contributed by atoms with E-state index in [0.717, 1.165) is 31.4 Å². The van der Waals surface area contributed by atoms with Gasteiger partial charge in [-0.25, -0.2) is 18.5 Å². The number of rotatable bonds is 3. The van der Waals surface area contributed by atoms with Crippen molar-refractivity contribution in [3.05, 3.63) is 38.8 Å². The molecule has 0 saturated carbocycles. The summed E-state index contributed by atoms with van der Waals surface area (Å²) in [6, 6.07) is 4.11. The predicted molar refractivity (Wildman–Crippen MR) is 101 cm³/mol. The van der Waals surface area contributed by atoms with Crippen LogP contribution in [0.25, 0.3) is 0 Å². The molecule has 0 spiro atoms. The Labute approximate surface area is 159 Å². The second kappa shape index (κ2) is 7.53. The Bertz CT molecular complexity index is 884. The minimum Gasteiger partial charge on any atom is -0.298 e. The molecule has 3 N–H and O–H groups in total. The summed E-state index contributed by atoms with van der Waals surface area (Å²) >= 11 is 4.77. The number of benzene rings is 1. The molecule has 1 aliphatic rings. The molecule has 0 unspecified atom stereocenters. The molecular formula is C16H18BrN3O3S2. The fourth-order valence-corrected chi connectivity index (χ4v) is 4.79. The van der Waals surface area contributed by atoms with Gasteiger partial charge in [0.25, 0.3) is 5.91 Å². The van der Waals surface area contributed by atoms with Crippen molar-refractivity contribution in [3.8, 4) is 0 Å². The number of nitrogens with one attached hydrogen (secondary N) is 1. The van der Waals surface area contributed by atoms with E-state index in [-0.39, 0.29) is 10.5 Å². The number of anilines is 1. The summed E-state index contributed by atoms with van der Waals surface area (Å²) in [6.07, 6.45) is 6.63. The maximum Gasteiger partial charge on any atom is 0.258 e. The molecule has 1 amide bonds. The van der Waals surface area contributed by atoms with Crippen molar-refractivity contribution >= 4 is 48.3 Å². The number of nitrogens with zero attached hydrogens (tertiary/aromatic N) is 1. The number of halogens is 1. The number of aromatic nitrogens is 1. The van der Waals surface area contributed by atoms with Crippen LogP contribution in [0.1, 0.15) is 46.6 Å². The zero-order chi connectivity index (χ0) is 18.0. The maximum absolute atomic E-state index is 12.6. The lowest BCUT2D eigenvalue weighted by molar-refractivity contribution is 0.102. The minimum absolute atomic E-state index is 0.104. The number of carbonyl (C=O) groups excluding carboxylic acids is 1. The molecule has 1 aliphatic carbocycles. The van der Waals surface area contributed by atoms with E-state index < -0.39 is 15.9 Å². The number of fused-ring (bicyclic) bond motifs is 1. The van der Waals surface area contributed by atoms with Crippen molar-refractivity contribution in [3.63, 3.8) is 0 Å². The van der Waals surface area contributed by atoms with Gasteiger partial charge in [0.15, 0.2) is 5.13 Å². The third-order valence-corrected chi connectivity index (χ3v) is 6.75. The molecule has 0 saturated heterocycles. The summed E-state index contributed by atoms with van der Waals surface area (Å²) in [6.45, 7) is 0. The lowest BCUT2D eigenvalue weighted by atomic mass is 10.0. The molecule has 6 nitrogen and oxygen atoms in total. The van der Waals surface area contributed by atoms with E-state index >= 15 is 0 Å². The summed E-state index contributed by atoms with van der Waals surface area (Å²) in [5, 5.41) is 8.46.